The van der Waals surface area contributed by atoms with Crippen LogP contribution in [-0.2, 0) is 4.74 Å². The van der Waals surface area contributed by atoms with Gasteiger partial charge in [0, 0.05) is 6.54 Å². The van der Waals surface area contributed by atoms with Crippen LogP contribution in [0.5, 0.6) is 0 Å². The number of alkyl carbamates (subject to hydrolysis) is 1. The van der Waals surface area contributed by atoms with E-state index in [-0.39, 0.29) is 6.54 Å². The van der Waals surface area contributed by atoms with Crippen molar-refractivity contribution in [1.29, 1.82) is 0 Å². The Morgan fingerprint density at radius 3 is 2.57 bits per heavy atom. The van der Waals surface area contributed by atoms with E-state index in [2.05, 4.69) is 5.32 Å². The number of hydrogen-bond acceptors (Lipinski definition) is 4. The molecule has 5 heteroatoms. The lowest BCUT2D eigenvalue weighted by atomic mass is 10.2. The van der Waals surface area contributed by atoms with Gasteiger partial charge in [-0.3, -0.25) is 0 Å². The van der Waals surface area contributed by atoms with Crippen molar-refractivity contribution in [3.8, 4) is 0 Å². The van der Waals surface area contributed by atoms with E-state index in [1.807, 2.05) is 0 Å². The second-order valence-corrected chi connectivity index (χ2v) is 4.11. The SMILES string of the molecule is CC(C)(C)OC(=O)NC[C@@H](O)CCN. The van der Waals surface area contributed by atoms with Gasteiger partial charge in [0.05, 0.1) is 6.10 Å². The highest BCUT2D eigenvalue weighted by atomic mass is 16.6. The summed E-state index contributed by atoms with van der Waals surface area (Å²) in [6.07, 6.45) is -0.656. The standard InChI is InChI=1S/C9H20N2O3/c1-9(2,3)14-8(13)11-6-7(12)4-5-10/h7,12H,4-6,10H2,1-3H3,(H,11,13)/t7-/m0/s1. The summed E-state index contributed by atoms with van der Waals surface area (Å²) in [5.41, 5.74) is 4.72. The molecule has 0 aliphatic rings. The van der Waals surface area contributed by atoms with Crippen LogP contribution < -0.4 is 11.1 Å². The number of rotatable bonds is 4. The largest absolute Gasteiger partial charge is 0.444 e. The zero-order valence-electron chi connectivity index (χ0n) is 9.04. The number of carbonyl (C=O) groups excluding carboxylic acids is 1. The van der Waals surface area contributed by atoms with Gasteiger partial charge >= 0.3 is 6.09 Å². The summed E-state index contributed by atoms with van der Waals surface area (Å²) in [5, 5.41) is 11.7. The number of amides is 1. The van der Waals surface area contributed by atoms with E-state index in [0.29, 0.717) is 13.0 Å². The Labute approximate surface area is 84.6 Å². The molecule has 0 spiro atoms. The molecule has 0 bridgehead atoms. The van der Waals surface area contributed by atoms with Gasteiger partial charge in [0.1, 0.15) is 5.60 Å². The molecule has 0 radical (unpaired) electrons. The van der Waals surface area contributed by atoms with Gasteiger partial charge in [0.25, 0.3) is 0 Å². The quantitative estimate of drug-likeness (QED) is 0.611. The molecule has 0 aromatic rings. The Bertz CT molecular complexity index is 177. The maximum absolute atomic E-state index is 11.1. The molecular formula is C9H20N2O3. The summed E-state index contributed by atoms with van der Waals surface area (Å²) >= 11 is 0. The van der Waals surface area contributed by atoms with E-state index in [1.165, 1.54) is 0 Å². The molecule has 0 aromatic carbocycles. The summed E-state index contributed by atoms with van der Waals surface area (Å²) in [5.74, 6) is 0. The van der Waals surface area contributed by atoms with Gasteiger partial charge in [-0.1, -0.05) is 0 Å². The first-order valence-corrected chi connectivity index (χ1v) is 4.70. The molecule has 0 saturated carbocycles. The van der Waals surface area contributed by atoms with Crippen molar-refractivity contribution in [2.24, 2.45) is 5.73 Å². The minimum absolute atomic E-state index is 0.173. The third-order valence-electron chi connectivity index (χ3n) is 1.38. The Kier molecular flexibility index (Phi) is 5.49. The Hall–Kier alpha value is -0.810. The first-order chi connectivity index (χ1) is 6.35. The van der Waals surface area contributed by atoms with Crippen LogP contribution in [-0.4, -0.2) is 36.0 Å². The van der Waals surface area contributed by atoms with Crippen LogP contribution in [0.15, 0.2) is 0 Å². The zero-order chi connectivity index (χ0) is 11.2. The van der Waals surface area contributed by atoms with Crippen molar-refractivity contribution in [1.82, 2.24) is 5.32 Å². The van der Waals surface area contributed by atoms with E-state index in [0.717, 1.165) is 0 Å². The number of ether oxygens (including phenoxy) is 1. The highest BCUT2D eigenvalue weighted by Crippen LogP contribution is 2.06. The van der Waals surface area contributed by atoms with Gasteiger partial charge in [0.15, 0.2) is 0 Å². The van der Waals surface area contributed by atoms with Crippen molar-refractivity contribution in [2.75, 3.05) is 13.1 Å². The van der Waals surface area contributed by atoms with Gasteiger partial charge < -0.3 is 20.9 Å². The number of carbonyl (C=O) groups is 1. The summed E-state index contributed by atoms with van der Waals surface area (Å²) in [6.45, 7) is 5.91. The van der Waals surface area contributed by atoms with E-state index >= 15 is 0 Å². The van der Waals surface area contributed by atoms with Gasteiger partial charge in [-0.2, -0.15) is 0 Å². The van der Waals surface area contributed by atoms with Crippen molar-refractivity contribution in [3.05, 3.63) is 0 Å². The predicted molar refractivity (Wildman–Crippen MR) is 53.9 cm³/mol. The minimum Gasteiger partial charge on any atom is -0.444 e. The fraction of sp³-hybridized carbons (Fsp3) is 0.889. The van der Waals surface area contributed by atoms with E-state index in [1.54, 1.807) is 20.8 Å². The lowest BCUT2D eigenvalue weighted by Gasteiger charge is -2.20. The molecular weight excluding hydrogens is 184 g/mol. The van der Waals surface area contributed by atoms with Crippen LogP contribution in [0.25, 0.3) is 0 Å². The third-order valence-corrected chi connectivity index (χ3v) is 1.38. The highest BCUT2D eigenvalue weighted by molar-refractivity contribution is 5.67. The summed E-state index contributed by atoms with van der Waals surface area (Å²) in [6, 6.07) is 0. The van der Waals surface area contributed by atoms with Gasteiger partial charge in [-0.15, -0.1) is 0 Å². The van der Waals surface area contributed by atoms with Crippen LogP contribution in [0.2, 0.25) is 0 Å². The molecule has 0 rings (SSSR count). The fourth-order valence-corrected chi connectivity index (χ4v) is 0.810. The molecule has 1 atom stereocenters. The van der Waals surface area contributed by atoms with Gasteiger partial charge in [-0.25, -0.2) is 4.79 Å². The van der Waals surface area contributed by atoms with Crippen LogP contribution >= 0.6 is 0 Å². The Morgan fingerprint density at radius 1 is 1.57 bits per heavy atom. The smallest absolute Gasteiger partial charge is 0.407 e. The number of aliphatic hydroxyl groups excluding tert-OH is 1. The molecule has 0 fully saturated rings. The average Bonchev–Trinajstić information content (AvgIpc) is 1.98. The Morgan fingerprint density at radius 2 is 2.14 bits per heavy atom. The van der Waals surface area contributed by atoms with E-state index < -0.39 is 17.8 Å². The molecule has 14 heavy (non-hydrogen) atoms. The molecule has 0 heterocycles. The zero-order valence-corrected chi connectivity index (χ0v) is 9.04. The minimum atomic E-state index is -0.604. The first-order valence-electron chi connectivity index (χ1n) is 4.70. The lowest BCUT2D eigenvalue weighted by molar-refractivity contribution is 0.0489. The maximum atomic E-state index is 11.1. The molecule has 4 N–H and O–H groups in total. The fourth-order valence-electron chi connectivity index (χ4n) is 0.810. The Balaban J connectivity index is 3.64. The number of nitrogens with two attached hydrogens (primary N) is 1. The molecule has 84 valence electrons. The molecule has 5 nitrogen and oxygen atoms in total. The number of nitrogens with one attached hydrogen (secondary N) is 1. The van der Waals surface area contributed by atoms with Crippen LogP contribution in [0, 0.1) is 0 Å². The molecule has 1 amide bonds. The molecule has 0 aliphatic carbocycles. The molecule has 0 unspecified atom stereocenters. The maximum Gasteiger partial charge on any atom is 0.407 e. The summed E-state index contributed by atoms with van der Waals surface area (Å²) in [7, 11) is 0. The average molecular weight is 204 g/mol. The van der Waals surface area contributed by atoms with E-state index in [4.69, 9.17) is 10.5 Å². The lowest BCUT2D eigenvalue weighted by Crippen LogP contribution is -2.37. The molecule has 0 aliphatic heterocycles. The van der Waals surface area contributed by atoms with Gasteiger partial charge in [-0.05, 0) is 33.7 Å². The normalized spacial score (nSPS) is 13.5. The highest BCUT2D eigenvalue weighted by Gasteiger charge is 2.16. The van der Waals surface area contributed by atoms with E-state index in [9.17, 15) is 9.90 Å². The number of aliphatic hydroxyl groups is 1. The summed E-state index contributed by atoms with van der Waals surface area (Å²) < 4.78 is 4.97. The first kappa shape index (κ1) is 13.2. The van der Waals surface area contributed by atoms with Crippen molar-refractivity contribution in [2.45, 2.75) is 38.9 Å². The van der Waals surface area contributed by atoms with Crippen molar-refractivity contribution < 1.29 is 14.6 Å². The monoisotopic (exact) mass is 204 g/mol. The predicted octanol–water partition coefficient (Wildman–Crippen LogP) is 0.221. The van der Waals surface area contributed by atoms with Crippen LogP contribution in [0.4, 0.5) is 4.79 Å². The second kappa shape index (κ2) is 5.82. The van der Waals surface area contributed by atoms with Crippen LogP contribution in [0.1, 0.15) is 27.2 Å². The van der Waals surface area contributed by atoms with Crippen LogP contribution in [0.3, 0.4) is 0 Å². The van der Waals surface area contributed by atoms with Gasteiger partial charge in [0.2, 0.25) is 0 Å². The molecule has 0 aromatic heterocycles. The molecule has 0 saturated heterocycles. The number of hydrogen-bond donors (Lipinski definition) is 3. The topological polar surface area (TPSA) is 84.6 Å². The third kappa shape index (κ3) is 7.82. The van der Waals surface area contributed by atoms with Crippen molar-refractivity contribution >= 4 is 6.09 Å². The summed E-state index contributed by atoms with van der Waals surface area (Å²) in [4.78, 5) is 11.1. The van der Waals surface area contributed by atoms with Crippen molar-refractivity contribution in [3.63, 3.8) is 0 Å². The second-order valence-electron chi connectivity index (χ2n) is 4.11.